The predicted molar refractivity (Wildman–Crippen MR) is 86.7 cm³/mol. The van der Waals surface area contributed by atoms with Gasteiger partial charge in [-0.05, 0) is 12.1 Å². The maximum absolute atomic E-state index is 4.86. The Hall–Kier alpha value is -2.13. The van der Waals surface area contributed by atoms with Gasteiger partial charge in [-0.25, -0.2) is 4.98 Å². The van der Waals surface area contributed by atoms with Gasteiger partial charge in [-0.3, -0.25) is 0 Å². The van der Waals surface area contributed by atoms with Crippen LogP contribution in [0.1, 0.15) is 0 Å². The minimum absolute atomic E-state index is 1.00. The molecule has 4 aromatic rings. The molecule has 2 aromatic carbocycles. The quantitative estimate of drug-likeness (QED) is 0.516. The minimum Gasteiger partial charge on any atom is -0.366 e. The number of halogens is 1. The largest absolute Gasteiger partial charge is 0.366 e. The van der Waals surface area contributed by atoms with Crippen LogP contribution in [0, 0.1) is 0 Å². The molecule has 2 heterocycles. The number of H-pyrrole nitrogens is 1. The summed E-state index contributed by atoms with van der Waals surface area (Å²) in [5.41, 5.74) is 3.16. The molecule has 0 saturated carbocycles. The first-order chi connectivity index (χ1) is 9.83. The van der Waals surface area contributed by atoms with Gasteiger partial charge in [0, 0.05) is 38.6 Å². The van der Waals surface area contributed by atoms with E-state index in [1.54, 1.807) is 0 Å². The maximum Gasteiger partial charge on any atom is 0.0803 e. The zero-order chi connectivity index (χ0) is 13.5. The Morgan fingerprint density at radius 2 is 1.65 bits per heavy atom. The highest BCUT2D eigenvalue weighted by molar-refractivity contribution is 9.10. The molecule has 0 saturated heterocycles. The topological polar surface area (TPSA) is 28.7 Å². The molecule has 0 bridgehead atoms. The second kappa shape index (κ2) is 4.46. The maximum atomic E-state index is 4.86. The van der Waals surface area contributed by atoms with Crippen molar-refractivity contribution in [3.05, 3.63) is 65.4 Å². The Bertz CT molecular complexity index is 910. The van der Waals surface area contributed by atoms with Crippen molar-refractivity contribution in [1.29, 1.82) is 0 Å². The molecule has 0 spiro atoms. The van der Waals surface area contributed by atoms with E-state index in [1.807, 2.05) is 30.6 Å². The van der Waals surface area contributed by atoms with Crippen molar-refractivity contribution in [2.24, 2.45) is 0 Å². The Labute approximate surface area is 124 Å². The van der Waals surface area contributed by atoms with E-state index < -0.39 is 0 Å². The zero-order valence-corrected chi connectivity index (χ0v) is 12.2. The molecule has 0 unspecified atom stereocenters. The molecule has 0 aliphatic heterocycles. The van der Waals surface area contributed by atoms with Crippen LogP contribution in [0.2, 0.25) is 0 Å². The zero-order valence-electron chi connectivity index (χ0n) is 10.6. The van der Waals surface area contributed by atoms with Gasteiger partial charge >= 0.3 is 0 Å². The number of hydrogen-bond acceptors (Lipinski definition) is 1. The number of hydrogen-bond donors (Lipinski definition) is 1. The average Bonchev–Trinajstić information content (AvgIpc) is 2.96. The molecule has 2 aromatic heterocycles. The number of rotatable bonds is 1. The van der Waals surface area contributed by atoms with Gasteiger partial charge in [0.25, 0.3) is 0 Å². The molecule has 0 aliphatic carbocycles. The van der Waals surface area contributed by atoms with Gasteiger partial charge in [-0.2, -0.15) is 0 Å². The van der Waals surface area contributed by atoms with Gasteiger partial charge in [0.15, 0.2) is 0 Å². The Morgan fingerprint density at radius 3 is 2.50 bits per heavy atom. The van der Waals surface area contributed by atoms with Crippen molar-refractivity contribution in [2.75, 3.05) is 0 Å². The summed E-state index contributed by atoms with van der Waals surface area (Å²) in [6, 6.07) is 16.5. The van der Waals surface area contributed by atoms with Crippen LogP contribution < -0.4 is 0 Å². The predicted octanol–water partition coefficient (Wildman–Crippen LogP) is 5.15. The number of aromatic amines is 1. The molecular weight excluding hydrogens is 312 g/mol. The van der Waals surface area contributed by atoms with E-state index in [0.29, 0.717) is 0 Å². The molecule has 0 aliphatic rings. The van der Waals surface area contributed by atoms with Gasteiger partial charge in [0.05, 0.1) is 11.2 Å². The van der Waals surface area contributed by atoms with E-state index in [4.69, 9.17) is 4.98 Å². The lowest BCUT2D eigenvalue weighted by molar-refractivity contribution is 1.41. The summed E-state index contributed by atoms with van der Waals surface area (Å²) in [6.45, 7) is 0. The van der Waals surface area contributed by atoms with Gasteiger partial charge in [-0.1, -0.05) is 52.3 Å². The monoisotopic (exact) mass is 322 g/mol. The molecule has 3 heteroatoms. The van der Waals surface area contributed by atoms with E-state index >= 15 is 0 Å². The van der Waals surface area contributed by atoms with Crippen LogP contribution in [-0.2, 0) is 0 Å². The number of nitrogens with zero attached hydrogens (tertiary/aromatic N) is 1. The van der Waals surface area contributed by atoms with Crippen LogP contribution >= 0.6 is 15.9 Å². The summed E-state index contributed by atoms with van der Waals surface area (Å²) >= 11 is 3.52. The first kappa shape index (κ1) is 11.7. The highest BCUT2D eigenvalue weighted by Crippen LogP contribution is 2.33. The second-order valence-corrected chi connectivity index (χ2v) is 5.69. The lowest BCUT2D eigenvalue weighted by Gasteiger charge is -2.07. The third-order valence-electron chi connectivity index (χ3n) is 3.53. The molecular formula is C17H11BrN2. The van der Waals surface area contributed by atoms with Gasteiger partial charge in [0.1, 0.15) is 0 Å². The van der Waals surface area contributed by atoms with Crippen LogP contribution in [0.5, 0.6) is 0 Å². The summed E-state index contributed by atoms with van der Waals surface area (Å²) in [5, 5.41) is 3.54. The van der Waals surface area contributed by atoms with Gasteiger partial charge < -0.3 is 4.98 Å². The molecule has 0 radical (unpaired) electrons. The first-order valence-electron chi connectivity index (χ1n) is 6.44. The summed E-state index contributed by atoms with van der Waals surface area (Å²) in [6.07, 6.45) is 4.06. The van der Waals surface area contributed by atoms with E-state index in [-0.39, 0.29) is 0 Å². The third-order valence-corrected chi connectivity index (χ3v) is 4.02. The van der Waals surface area contributed by atoms with Crippen LogP contribution in [0.3, 0.4) is 0 Å². The third kappa shape index (κ3) is 1.74. The summed E-state index contributed by atoms with van der Waals surface area (Å²) in [7, 11) is 0. The Balaban J connectivity index is 2.16. The lowest BCUT2D eigenvalue weighted by Crippen LogP contribution is -1.87. The van der Waals surface area contributed by atoms with Crippen LogP contribution in [0.15, 0.2) is 65.4 Å². The first-order valence-corrected chi connectivity index (χ1v) is 7.23. The van der Waals surface area contributed by atoms with E-state index in [9.17, 15) is 0 Å². The highest BCUT2D eigenvalue weighted by Gasteiger charge is 2.10. The summed E-state index contributed by atoms with van der Waals surface area (Å²) in [4.78, 5) is 8.06. The Morgan fingerprint density at radius 1 is 0.850 bits per heavy atom. The van der Waals surface area contributed by atoms with Crippen LogP contribution in [0.4, 0.5) is 0 Å². The Kier molecular flexibility index (Phi) is 2.60. The normalized spacial score (nSPS) is 11.2. The fourth-order valence-electron chi connectivity index (χ4n) is 2.60. The van der Waals surface area contributed by atoms with Gasteiger partial charge in [0.2, 0.25) is 0 Å². The second-order valence-electron chi connectivity index (χ2n) is 4.77. The fraction of sp³-hybridized carbons (Fsp3) is 0. The molecule has 0 atom stereocenters. The van der Waals surface area contributed by atoms with E-state index in [2.05, 4.69) is 51.2 Å². The van der Waals surface area contributed by atoms with E-state index in [1.165, 1.54) is 10.8 Å². The molecule has 2 nitrogen and oxygen atoms in total. The molecule has 0 amide bonds. The summed E-state index contributed by atoms with van der Waals surface area (Å²) in [5.74, 6) is 0. The van der Waals surface area contributed by atoms with Crippen molar-refractivity contribution < 1.29 is 0 Å². The minimum atomic E-state index is 1.00. The molecule has 0 fully saturated rings. The van der Waals surface area contributed by atoms with Crippen molar-refractivity contribution in [1.82, 2.24) is 9.97 Å². The number of aromatic nitrogens is 2. The highest BCUT2D eigenvalue weighted by atomic mass is 79.9. The van der Waals surface area contributed by atoms with Crippen molar-refractivity contribution in [3.63, 3.8) is 0 Å². The molecule has 4 rings (SSSR count). The van der Waals surface area contributed by atoms with Crippen molar-refractivity contribution in [2.45, 2.75) is 0 Å². The number of pyridine rings is 1. The number of benzene rings is 2. The molecule has 96 valence electrons. The van der Waals surface area contributed by atoms with Crippen LogP contribution in [0.25, 0.3) is 32.9 Å². The van der Waals surface area contributed by atoms with Crippen LogP contribution in [-0.4, -0.2) is 9.97 Å². The molecule has 1 N–H and O–H groups in total. The van der Waals surface area contributed by atoms with Gasteiger partial charge in [-0.15, -0.1) is 0 Å². The fourth-order valence-corrected chi connectivity index (χ4v) is 2.95. The smallest absolute Gasteiger partial charge is 0.0803 e. The van der Waals surface area contributed by atoms with Crippen molar-refractivity contribution in [3.8, 4) is 11.3 Å². The SMILES string of the molecule is Brc1ccc2c(c1)nc(-c1ccccc1)c1c[nH]cc12. The number of nitrogens with one attached hydrogen (secondary N) is 1. The molecule has 20 heavy (non-hydrogen) atoms. The number of fused-ring (bicyclic) bond motifs is 3. The lowest BCUT2D eigenvalue weighted by atomic mass is 10.0. The standard InChI is InChI=1S/C17H11BrN2/c18-12-6-7-13-14-9-19-10-15(14)17(20-16(13)8-12)11-4-2-1-3-5-11/h1-10,19H. The summed E-state index contributed by atoms with van der Waals surface area (Å²) < 4.78 is 1.05. The van der Waals surface area contributed by atoms with E-state index in [0.717, 1.165) is 26.6 Å². The van der Waals surface area contributed by atoms with Crippen molar-refractivity contribution >= 4 is 37.6 Å². The average molecular weight is 323 g/mol.